The van der Waals surface area contributed by atoms with Crippen LogP contribution < -0.4 is 0 Å². The van der Waals surface area contributed by atoms with Crippen molar-refractivity contribution >= 4 is 14.3 Å². The fourth-order valence-electron chi connectivity index (χ4n) is 1.48. The summed E-state index contributed by atoms with van der Waals surface area (Å²) in [5.41, 5.74) is -0.644. The van der Waals surface area contributed by atoms with Crippen molar-refractivity contribution in [2.75, 3.05) is 6.61 Å². The van der Waals surface area contributed by atoms with Crippen molar-refractivity contribution in [3.05, 3.63) is 0 Å². The maximum atomic E-state index is 12.0. The summed E-state index contributed by atoms with van der Waals surface area (Å²) in [5.74, 6) is 7.88. The smallest absolute Gasteiger partial charge is 0.311 e. The van der Waals surface area contributed by atoms with Crippen LogP contribution in [0.5, 0.6) is 0 Å². The van der Waals surface area contributed by atoms with Crippen molar-refractivity contribution in [2.45, 2.75) is 84.7 Å². The largest absolute Gasteiger partial charge is 0.458 e. The third-order valence-corrected chi connectivity index (χ3v) is 8.84. The van der Waals surface area contributed by atoms with E-state index in [1.165, 1.54) is 0 Å². The molecule has 0 aliphatic rings. The first-order chi connectivity index (χ1) is 11.2. The van der Waals surface area contributed by atoms with Crippen molar-refractivity contribution in [1.29, 1.82) is 0 Å². The number of esters is 1. The highest BCUT2D eigenvalue weighted by molar-refractivity contribution is 6.74. The highest BCUT2D eigenvalue weighted by Crippen LogP contribution is 2.36. The lowest BCUT2D eigenvalue weighted by Crippen LogP contribution is -2.40. The summed E-state index contributed by atoms with van der Waals surface area (Å²) < 4.78 is 11.3. The molecular weight excluding hydrogens is 332 g/mol. The van der Waals surface area contributed by atoms with E-state index in [1.54, 1.807) is 20.8 Å². The van der Waals surface area contributed by atoms with Gasteiger partial charge in [0, 0.05) is 12.8 Å². The zero-order chi connectivity index (χ0) is 19.9. The molecular formula is C20H34O4Si. The van der Waals surface area contributed by atoms with Crippen LogP contribution in [-0.2, 0) is 14.0 Å². The molecule has 0 amide bonds. The second-order valence-corrected chi connectivity index (χ2v) is 13.6. The molecule has 0 fully saturated rings. The standard InChI is InChI=1S/C20H34O4Si/c1-10-13-17(24-18(22)19(2,3)4)16(21)14-11-12-15-23-25(8,9)20(5,6)7/h1,16-17,21H,13-15H2,2-9H3/t16-,17-/m1/s1. The maximum absolute atomic E-state index is 12.0. The Kier molecular flexibility index (Phi) is 8.95. The van der Waals surface area contributed by atoms with Gasteiger partial charge in [-0.05, 0) is 38.9 Å². The van der Waals surface area contributed by atoms with E-state index < -0.39 is 25.9 Å². The fraction of sp³-hybridized carbons (Fsp3) is 0.750. The van der Waals surface area contributed by atoms with Gasteiger partial charge in [-0.15, -0.1) is 12.3 Å². The van der Waals surface area contributed by atoms with Gasteiger partial charge in [-0.25, -0.2) is 0 Å². The van der Waals surface area contributed by atoms with Gasteiger partial charge in [-0.1, -0.05) is 32.6 Å². The molecule has 2 atom stereocenters. The first-order valence-corrected chi connectivity index (χ1v) is 11.6. The maximum Gasteiger partial charge on any atom is 0.311 e. The van der Waals surface area contributed by atoms with Crippen molar-refractivity contribution in [1.82, 2.24) is 0 Å². The predicted molar refractivity (Wildman–Crippen MR) is 104 cm³/mol. The summed E-state index contributed by atoms with van der Waals surface area (Å²) in [7, 11) is -1.82. The summed E-state index contributed by atoms with van der Waals surface area (Å²) in [5, 5.41) is 10.4. The van der Waals surface area contributed by atoms with Crippen LogP contribution in [0.2, 0.25) is 18.1 Å². The van der Waals surface area contributed by atoms with Crippen LogP contribution >= 0.6 is 0 Å². The highest BCUT2D eigenvalue weighted by Gasteiger charge is 2.36. The topological polar surface area (TPSA) is 55.8 Å². The number of rotatable bonds is 6. The van der Waals surface area contributed by atoms with Crippen molar-refractivity contribution < 1.29 is 19.1 Å². The summed E-state index contributed by atoms with van der Waals surface area (Å²) in [4.78, 5) is 12.0. The number of terminal acetylenes is 1. The van der Waals surface area contributed by atoms with Gasteiger partial charge in [-0.2, -0.15) is 0 Å². The van der Waals surface area contributed by atoms with Gasteiger partial charge in [0.2, 0.25) is 0 Å². The molecule has 0 aromatic heterocycles. The van der Waals surface area contributed by atoms with Gasteiger partial charge in [0.25, 0.3) is 0 Å². The van der Waals surface area contributed by atoms with Crippen LogP contribution in [0.4, 0.5) is 0 Å². The monoisotopic (exact) mass is 366 g/mol. The molecule has 0 saturated heterocycles. The predicted octanol–water partition coefficient (Wildman–Crippen LogP) is 3.74. The van der Waals surface area contributed by atoms with Gasteiger partial charge < -0.3 is 14.3 Å². The van der Waals surface area contributed by atoms with E-state index in [0.717, 1.165) is 0 Å². The number of hydrogen-bond donors (Lipinski definition) is 1. The lowest BCUT2D eigenvalue weighted by Gasteiger charge is -2.35. The Hall–Kier alpha value is -1.27. The number of aliphatic hydroxyl groups is 1. The minimum Gasteiger partial charge on any atom is -0.458 e. The van der Waals surface area contributed by atoms with E-state index in [9.17, 15) is 9.90 Å². The van der Waals surface area contributed by atoms with E-state index in [2.05, 4.69) is 51.6 Å². The average Bonchev–Trinajstić information content (AvgIpc) is 2.43. The molecule has 0 spiro atoms. The molecule has 5 heteroatoms. The third kappa shape index (κ3) is 8.58. The first-order valence-electron chi connectivity index (χ1n) is 8.64. The minimum absolute atomic E-state index is 0.132. The molecule has 1 N–H and O–H groups in total. The molecule has 142 valence electrons. The lowest BCUT2D eigenvalue weighted by molar-refractivity contribution is -0.164. The fourth-order valence-corrected chi connectivity index (χ4v) is 2.34. The summed E-state index contributed by atoms with van der Waals surface area (Å²) in [6.45, 7) is 16.5. The summed E-state index contributed by atoms with van der Waals surface area (Å²) in [6.07, 6.45) is 4.00. The molecule has 0 aromatic rings. The van der Waals surface area contributed by atoms with E-state index in [0.29, 0.717) is 6.61 Å². The van der Waals surface area contributed by atoms with Crippen LogP contribution in [0.15, 0.2) is 0 Å². The van der Waals surface area contributed by atoms with Crippen molar-refractivity contribution in [2.24, 2.45) is 5.41 Å². The zero-order valence-corrected chi connectivity index (χ0v) is 18.0. The van der Waals surface area contributed by atoms with E-state index in [1.807, 2.05) is 0 Å². The molecule has 25 heavy (non-hydrogen) atoms. The molecule has 0 aliphatic heterocycles. The van der Waals surface area contributed by atoms with Gasteiger partial charge in [-0.3, -0.25) is 4.79 Å². The molecule has 4 nitrogen and oxygen atoms in total. The second-order valence-electron chi connectivity index (χ2n) is 8.78. The van der Waals surface area contributed by atoms with E-state index >= 15 is 0 Å². The Balaban J connectivity index is 4.63. The van der Waals surface area contributed by atoms with Crippen LogP contribution in [0.1, 0.15) is 54.4 Å². The summed E-state index contributed by atoms with van der Waals surface area (Å²) in [6, 6.07) is 0. The first kappa shape index (κ1) is 23.7. The number of carbonyl (C=O) groups excluding carboxylic acids is 1. The van der Waals surface area contributed by atoms with Gasteiger partial charge in [0.15, 0.2) is 8.32 Å². The van der Waals surface area contributed by atoms with Crippen LogP contribution in [0, 0.1) is 29.6 Å². The molecule has 0 radical (unpaired) electrons. The van der Waals surface area contributed by atoms with Gasteiger partial charge in [0.1, 0.15) is 12.2 Å². The molecule has 0 bridgehead atoms. The van der Waals surface area contributed by atoms with Gasteiger partial charge in [0.05, 0.1) is 12.0 Å². The van der Waals surface area contributed by atoms with E-state index in [-0.39, 0.29) is 23.8 Å². The Morgan fingerprint density at radius 1 is 1.12 bits per heavy atom. The quantitative estimate of drug-likeness (QED) is 0.442. The SMILES string of the molecule is C#CC[C@@H](OC(=O)C(C)(C)C)[C@H](O)CC#CCO[Si](C)(C)C(C)(C)C. The van der Waals surface area contributed by atoms with Crippen LogP contribution in [0.25, 0.3) is 0 Å². The molecule has 0 aromatic carbocycles. The lowest BCUT2D eigenvalue weighted by atomic mass is 9.97. The Labute approximate surface area is 154 Å². The average molecular weight is 367 g/mol. The van der Waals surface area contributed by atoms with Crippen LogP contribution in [-0.4, -0.2) is 38.2 Å². The van der Waals surface area contributed by atoms with Crippen molar-refractivity contribution in [3.63, 3.8) is 0 Å². The Bertz CT molecular complexity index is 535. The third-order valence-electron chi connectivity index (χ3n) is 4.37. The van der Waals surface area contributed by atoms with Gasteiger partial charge >= 0.3 is 5.97 Å². The molecule has 0 aliphatic carbocycles. The second kappa shape index (κ2) is 9.43. The molecule has 0 saturated carbocycles. The van der Waals surface area contributed by atoms with Crippen molar-refractivity contribution in [3.8, 4) is 24.2 Å². The number of carbonyl (C=O) groups is 1. The highest BCUT2D eigenvalue weighted by atomic mass is 28.4. The zero-order valence-electron chi connectivity index (χ0n) is 17.0. The minimum atomic E-state index is -1.82. The summed E-state index contributed by atoms with van der Waals surface area (Å²) >= 11 is 0. The Morgan fingerprint density at radius 3 is 2.12 bits per heavy atom. The molecule has 0 heterocycles. The number of hydrogen-bond acceptors (Lipinski definition) is 4. The molecule has 0 unspecified atom stereocenters. The van der Waals surface area contributed by atoms with Crippen LogP contribution in [0.3, 0.4) is 0 Å². The number of ether oxygens (including phenoxy) is 1. The number of aliphatic hydroxyl groups excluding tert-OH is 1. The normalized spacial score (nSPS) is 14.7. The van der Waals surface area contributed by atoms with E-state index in [4.69, 9.17) is 15.6 Å². The Morgan fingerprint density at radius 2 is 1.68 bits per heavy atom. The molecule has 0 rings (SSSR count).